The maximum atomic E-state index is 13.8. The monoisotopic (exact) mass is 523 g/mol. The third-order valence-corrected chi connectivity index (χ3v) is 8.56. The zero-order chi connectivity index (χ0) is 26.9. The maximum Gasteiger partial charge on any atom is 0.257 e. The number of rotatable bonds is 6. The number of nitriles is 1. The van der Waals surface area contributed by atoms with Crippen LogP contribution in [0.1, 0.15) is 66.9 Å². The van der Waals surface area contributed by atoms with Gasteiger partial charge in [-0.2, -0.15) is 5.26 Å². The number of aromatic nitrogens is 1. The smallest absolute Gasteiger partial charge is 0.257 e. The summed E-state index contributed by atoms with van der Waals surface area (Å²) in [6.45, 7) is 9.56. The second-order valence-corrected chi connectivity index (χ2v) is 12.1. The molecule has 1 atom stereocenters. The van der Waals surface area contributed by atoms with Crippen molar-refractivity contribution < 1.29 is 9.53 Å². The molecule has 1 aliphatic carbocycles. The molecule has 1 amide bonds. The van der Waals surface area contributed by atoms with Crippen LogP contribution in [-0.4, -0.2) is 17.5 Å². The minimum atomic E-state index is -0.231. The van der Waals surface area contributed by atoms with Crippen molar-refractivity contribution in [2.24, 2.45) is 11.3 Å². The topological polar surface area (TPSA) is 75.0 Å². The van der Waals surface area contributed by atoms with Crippen LogP contribution in [0, 0.1) is 22.7 Å². The van der Waals surface area contributed by atoms with Gasteiger partial charge in [-0.05, 0) is 66.8 Å². The Bertz CT molecular complexity index is 1540. The number of ether oxygens (including phenoxy) is 1. The highest BCUT2D eigenvalue weighted by molar-refractivity contribution is 7.16. The molecule has 5 rings (SSSR count). The number of hydrogen-bond acceptors (Lipinski definition) is 5. The number of fused-ring (bicyclic) bond motifs is 2. The second kappa shape index (κ2) is 10.6. The summed E-state index contributed by atoms with van der Waals surface area (Å²) in [6, 6.07) is 19.7. The van der Waals surface area contributed by atoms with Gasteiger partial charge in [-0.1, -0.05) is 58.0 Å². The summed E-state index contributed by atoms with van der Waals surface area (Å²) in [5, 5.41) is 14.5. The minimum absolute atomic E-state index is 0.211. The lowest BCUT2D eigenvalue weighted by Crippen LogP contribution is -2.26. The van der Waals surface area contributed by atoms with E-state index < -0.39 is 0 Å². The standard InChI is InChI=1S/C32H33N3O2S/c1-5-15-37-22-10-8-9-20(16-22)28-18-25(23-11-6-7-12-27(23)34-28)30(36)35-31-26(19-33)24-14-13-21(32(2,3)4)17-29(24)38-31/h6-12,16,18,21H,5,13-15,17H2,1-4H3,(H,35,36). The summed E-state index contributed by atoms with van der Waals surface area (Å²) in [6.07, 6.45) is 3.82. The third-order valence-electron chi connectivity index (χ3n) is 7.39. The lowest BCUT2D eigenvalue weighted by molar-refractivity contribution is 0.102. The van der Waals surface area contributed by atoms with Gasteiger partial charge in [0.2, 0.25) is 0 Å². The Kier molecular flexibility index (Phi) is 7.23. The van der Waals surface area contributed by atoms with E-state index in [1.165, 1.54) is 4.88 Å². The van der Waals surface area contributed by atoms with Crippen molar-refractivity contribution >= 4 is 33.1 Å². The summed E-state index contributed by atoms with van der Waals surface area (Å²) in [7, 11) is 0. The Labute approximate surface area is 228 Å². The lowest BCUT2D eigenvalue weighted by Gasteiger charge is -2.33. The van der Waals surface area contributed by atoms with Crippen molar-refractivity contribution in [2.75, 3.05) is 11.9 Å². The minimum Gasteiger partial charge on any atom is -0.494 e. The van der Waals surface area contributed by atoms with Crippen molar-refractivity contribution in [1.29, 1.82) is 5.26 Å². The predicted octanol–water partition coefficient (Wildman–Crippen LogP) is 8.03. The molecule has 0 saturated carbocycles. The highest BCUT2D eigenvalue weighted by atomic mass is 32.1. The highest BCUT2D eigenvalue weighted by Crippen LogP contribution is 2.44. The molecule has 5 nitrogen and oxygen atoms in total. The molecule has 2 aromatic heterocycles. The number of nitrogens with one attached hydrogen (secondary N) is 1. The molecule has 1 unspecified atom stereocenters. The SMILES string of the molecule is CCCOc1cccc(-c2cc(C(=O)Nc3sc4c(c3C#N)CCC(C(C)(C)C)C4)c3ccccc3n2)c1. The van der Waals surface area contributed by atoms with Gasteiger partial charge in [-0.15, -0.1) is 11.3 Å². The molecule has 4 aromatic rings. The van der Waals surface area contributed by atoms with Crippen LogP contribution in [0.15, 0.2) is 54.6 Å². The van der Waals surface area contributed by atoms with Crippen molar-refractivity contribution in [1.82, 2.24) is 4.98 Å². The van der Waals surface area contributed by atoms with Gasteiger partial charge in [0.15, 0.2) is 0 Å². The molecular formula is C32H33N3O2S. The average molecular weight is 524 g/mol. The van der Waals surface area contributed by atoms with Gasteiger partial charge in [0.1, 0.15) is 16.8 Å². The zero-order valence-electron chi connectivity index (χ0n) is 22.4. The molecule has 0 fully saturated rings. The average Bonchev–Trinajstić information content (AvgIpc) is 3.27. The molecule has 1 N–H and O–H groups in total. The van der Waals surface area contributed by atoms with E-state index in [1.807, 2.05) is 54.6 Å². The summed E-state index contributed by atoms with van der Waals surface area (Å²) in [5.74, 6) is 1.11. The fourth-order valence-corrected chi connectivity index (χ4v) is 6.45. The third kappa shape index (κ3) is 5.16. The number of para-hydroxylation sites is 1. The number of benzene rings is 2. The second-order valence-electron chi connectivity index (χ2n) is 11.0. The van der Waals surface area contributed by atoms with E-state index in [-0.39, 0.29) is 11.3 Å². The molecule has 6 heteroatoms. The first kappa shape index (κ1) is 25.9. The molecule has 38 heavy (non-hydrogen) atoms. The van der Waals surface area contributed by atoms with Crippen LogP contribution in [-0.2, 0) is 12.8 Å². The van der Waals surface area contributed by atoms with Crippen molar-refractivity contribution in [3.8, 4) is 23.1 Å². The fourth-order valence-electron chi connectivity index (χ4n) is 5.18. The van der Waals surface area contributed by atoms with Crippen LogP contribution < -0.4 is 10.1 Å². The van der Waals surface area contributed by atoms with E-state index in [4.69, 9.17) is 9.72 Å². The van der Waals surface area contributed by atoms with E-state index >= 15 is 0 Å². The van der Waals surface area contributed by atoms with Gasteiger partial charge >= 0.3 is 0 Å². The molecule has 2 heterocycles. The molecule has 1 aliphatic rings. The number of carbonyl (C=O) groups excluding carboxylic acids is 1. The number of anilines is 1. The van der Waals surface area contributed by atoms with Crippen LogP contribution in [0.5, 0.6) is 5.75 Å². The number of carbonyl (C=O) groups is 1. The van der Waals surface area contributed by atoms with E-state index in [2.05, 4.69) is 39.1 Å². The van der Waals surface area contributed by atoms with Crippen LogP contribution in [0.25, 0.3) is 22.2 Å². The van der Waals surface area contributed by atoms with Crippen LogP contribution in [0.3, 0.4) is 0 Å². The summed E-state index contributed by atoms with van der Waals surface area (Å²) in [4.78, 5) is 19.8. The number of thiophene rings is 1. The number of hydrogen-bond donors (Lipinski definition) is 1. The van der Waals surface area contributed by atoms with Gasteiger partial charge < -0.3 is 10.1 Å². The van der Waals surface area contributed by atoms with Crippen LogP contribution in [0.4, 0.5) is 5.00 Å². The molecule has 0 bridgehead atoms. The van der Waals surface area contributed by atoms with Crippen LogP contribution >= 0.6 is 11.3 Å². The normalized spacial score (nSPS) is 15.1. The van der Waals surface area contributed by atoms with Gasteiger partial charge in [0.05, 0.1) is 28.9 Å². The predicted molar refractivity (Wildman–Crippen MR) is 155 cm³/mol. The Morgan fingerprint density at radius 3 is 2.76 bits per heavy atom. The van der Waals surface area contributed by atoms with E-state index in [1.54, 1.807) is 11.3 Å². The molecule has 0 spiro atoms. The lowest BCUT2D eigenvalue weighted by atomic mass is 9.72. The van der Waals surface area contributed by atoms with Crippen molar-refractivity contribution in [3.05, 3.63) is 76.2 Å². The van der Waals surface area contributed by atoms with Gasteiger partial charge in [-0.25, -0.2) is 4.98 Å². The first-order valence-electron chi connectivity index (χ1n) is 13.3. The van der Waals surface area contributed by atoms with Crippen molar-refractivity contribution in [2.45, 2.75) is 53.4 Å². The van der Waals surface area contributed by atoms with E-state index in [0.717, 1.165) is 53.5 Å². The number of nitrogens with zero attached hydrogens (tertiary/aromatic N) is 2. The Hall–Kier alpha value is -3.69. The van der Waals surface area contributed by atoms with Gasteiger partial charge in [0.25, 0.3) is 5.91 Å². The van der Waals surface area contributed by atoms with E-state index in [9.17, 15) is 10.1 Å². The summed E-state index contributed by atoms with van der Waals surface area (Å²) >= 11 is 1.56. The van der Waals surface area contributed by atoms with Gasteiger partial charge in [0, 0.05) is 15.8 Å². The van der Waals surface area contributed by atoms with E-state index in [0.29, 0.717) is 34.3 Å². The highest BCUT2D eigenvalue weighted by Gasteiger charge is 2.32. The molecule has 0 aliphatic heterocycles. The van der Waals surface area contributed by atoms with Gasteiger partial charge in [-0.3, -0.25) is 4.79 Å². The number of amides is 1. The quantitative estimate of drug-likeness (QED) is 0.278. The van der Waals surface area contributed by atoms with Crippen LogP contribution in [0.2, 0.25) is 0 Å². The fraction of sp³-hybridized carbons (Fsp3) is 0.344. The Morgan fingerprint density at radius 1 is 1.18 bits per heavy atom. The largest absolute Gasteiger partial charge is 0.494 e. The summed E-state index contributed by atoms with van der Waals surface area (Å²) in [5.41, 5.74) is 4.80. The number of pyridine rings is 1. The Morgan fingerprint density at radius 2 is 2.00 bits per heavy atom. The molecular weight excluding hydrogens is 490 g/mol. The zero-order valence-corrected chi connectivity index (χ0v) is 23.2. The first-order chi connectivity index (χ1) is 18.3. The van der Waals surface area contributed by atoms with Crippen molar-refractivity contribution in [3.63, 3.8) is 0 Å². The molecule has 0 saturated heterocycles. The maximum absolute atomic E-state index is 13.8. The molecule has 0 radical (unpaired) electrons. The summed E-state index contributed by atoms with van der Waals surface area (Å²) < 4.78 is 5.82. The Balaban J connectivity index is 1.51. The molecule has 194 valence electrons. The molecule has 2 aromatic carbocycles. The first-order valence-corrected chi connectivity index (χ1v) is 14.1.